The monoisotopic (exact) mass is 432 g/mol. The number of benzene rings is 2. The van der Waals surface area contributed by atoms with Gasteiger partial charge in [0.2, 0.25) is 0 Å². The van der Waals surface area contributed by atoms with E-state index in [4.69, 9.17) is 15.2 Å². The van der Waals surface area contributed by atoms with Gasteiger partial charge in [0.15, 0.2) is 11.5 Å². The second kappa shape index (κ2) is 8.81. The van der Waals surface area contributed by atoms with Gasteiger partial charge in [-0.25, -0.2) is 8.42 Å². The second-order valence-electron chi connectivity index (χ2n) is 6.43. The summed E-state index contributed by atoms with van der Waals surface area (Å²) in [5.41, 5.74) is 5.50. The fraction of sp³-hybridized carbons (Fsp3) is 0.368. The Morgan fingerprint density at radius 1 is 1.14 bits per heavy atom. The number of ether oxygens (including phenoxy) is 2. The molecule has 0 radical (unpaired) electrons. The minimum absolute atomic E-state index is 0.142. The lowest BCUT2D eigenvalue weighted by molar-refractivity contribution is -0.137. The average Bonchev–Trinajstić information content (AvgIpc) is 2.61. The molecule has 3 N–H and O–H groups in total. The highest BCUT2D eigenvalue weighted by Crippen LogP contribution is 2.36. The van der Waals surface area contributed by atoms with E-state index in [1.54, 1.807) is 25.1 Å². The third-order valence-electron chi connectivity index (χ3n) is 4.07. The summed E-state index contributed by atoms with van der Waals surface area (Å²) in [4.78, 5) is 0. The number of hydrogen-bond donors (Lipinski definition) is 2. The van der Waals surface area contributed by atoms with Crippen molar-refractivity contribution in [2.45, 2.75) is 19.1 Å². The molecular formula is C19H23F3N2O4S. The van der Waals surface area contributed by atoms with Crippen LogP contribution in [0.2, 0.25) is 0 Å². The van der Waals surface area contributed by atoms with Crippen LogP contribution in [0.15, 0.2) is 36.4 Å². The fourth-order valence-electron chi connectivity index (χ4n) is 2.76. The molecule has 0 heterocycles. The molecule has 0 saturated carbocycles. The SMILES string of the molecule is CCOc1cc([C@@H](CS(C)(=O)=O)Nc2ccc(C(F)(F)F)cc2N)ccc1OC. The molecule has 0 spiro atoms. The van der Waals surface area contributed by atoms with E-state index in [9.17, 15) is 21.6 Å². The van der Waals surface area contributed by atoms with Gasteiger partial charge in [-0.2, -0.15) is 13.2 Å². The predicted molar refractivity (Wildman–Crippen MR) is 106 cm³/mol. The van der Waals surface area contributed by atoms with Crippen molar-refractivity contribution in [1.29, 1.82) is 0 Å². The summed E-state index contributed by atoms with van der Waals surface area (Å²) in [6.45, 7) is 2.16. The van der Waals surface area contributed by atoms with Gasteiger partial charge >= 0.3 is 6.18 Å². The van der Waals surface area contributed by atoms with Crippen molar-refractivity contribution in [1.82, 2.24) is 0 Å². The number of halogens is 3. The van der Waals surface area contributed by atoms with Gasteiger partial charge in [-0.3, -0.25) is 0 Å². The first kappa shape index (κ1) is 22.7. The molecule has 0 aliphatic rings. The Balaban J connectivity index is 2.43. The maximum Gasteiger partial charge on any atom is 0.416 e. The van der Waals surface area contributed by atoms with Gasteiger partial charge in [0.05, 0.1) is 42.4 Å². The molecule has 0 amide bonds. The molecule has 0 bridgehead atoms. The van der Waals surface area contributed by atoms with E-state index < -0.39 is 27.6 Å². The molecule has 2 aromatic rings. The summed E-state index contributed by atoms with van der Waals surface area (Å²) in [5.74, 6) is 0.599. The van der Waals surface area contributed by atoms with Gasteiger partial charge in [0, 0.05) is 6.26 Å². The first-order chi connectivity index (χ1) is 13.4. The highest BCUT2D eigenvalue weighted by Gasteiger charge is 2.31. The van der Waals surface area contributed by atoms with Crippen LogP contribution in [0.25, 0.3) is 0 Å². The van der Waals surface area contributed by atoms with E-state index in [1.807, 2.05) is 0 Å². The fourth-order valence-corrected chi connectivity index (χ4v) is 3.64. The number of alkyl halides is 3. The van der Waals surface area contributed by atoms with E-state index in [0.29, 0.717) is 23.7 Å². The Labute approximate surface area is 167 Å². The van der Waals surface area contributed by atoms with Crippen LogP contribution in [0, 0.1) is 0 Å². The van der Waals surface area contributed by atoms with E-state index >= 15 is 0 Å². The number of anilines is 2. The standard InChI is InChI=1S/C19H23F3N2O4S/c1-4-28-18-9-12(5-8-17(18)27-2)16(11-29(3,25)26)24-15-7-6-13(10-14(15)23)19(20,21)22/h5-10,16,24H,4,11,23H2,1-3H3/t16-/m1/s1. The summed E-state index contributed by atoms with van der Waals surface area (Å²) in [6, 6.07) is 7.02. The Hall–Kier alpha value is -2.62. The molecule has 0 aromatic heterocycles. The highest BCUT2D eigenvalue weighted by atomic mass is 32.2. The normalized spacial score (nSPS) is 13.0. The number of sulfone groups is 1. The maximum atomic E-state index is 12.9. The van der Waals surface area contributed by atoms with Crippen molar-refractivity contribution in [2.75, 3.05) is 36.8 Å². The third kappa shape index (κ3) is 6.18. The van der Waals surface area contributed by atoms with Crippen LogP contribution in [-0.4, -0.2) is 34.1 Å². The Bertz CT molecular complexity index is 962. The summed E-state index contributed by atoms with van der Waals surface area (Å²) in [5, 5.41) is 2.94. The quantitative estimate of drug-likeness (QED) is 0.615. The molecule has 29 heavy (non-hydrogen) atoms. The van der Waals surface area contributed by atoms with Gasteiger partial charge in [-0.1, -0.05) is 6.07 Å². The molecule has 0 saturated heterocycles. The number of nitrogens with two attached hydrogens (primary N) is 1. The van der Waals surface area contributed by atoms with E-state index in [0.717, 1.165) is 18.4 Å². The number of methoxy groups -OCH3 is 1. The zero-order chi connectivity index (χ0) is 21.8. The van der Waals surface area contributed by atoms with Crippen molar-refractivity contribution in [3.8, 4) is 11.5 Å². The minimum atomic E-state index is -4.53. The minimum Gasteiger partial charge on any atom is -0.493 e. The molecule has 0 aliphatic carbocycles. The van der Waals surface area contributed by atoms with Crippen molar-refractivity contribution >= 4 is 21.2 Å². The number of nitrogens with one attached hydrogen (secondary N) is 1. The lowest BCUT2D eigenvalue weighted by Gasteiger charge is -2.22. The summed E-state index contributed by atoms with van der Waals surface area (Å²) in [7, 11) is -1.95. The van der Waals surface area contributed by atoms with E-state index in [2.05, 4.69) is 5.32 Å². The van der Waals surface area contributed by atoms with Crippen molar-refractivity contribution in [3.63, 3.8) is 0 Å². The van der Waals surface area contributed by atoms with Crippen LogP contribution in [0.1, 0.15) is 24.1 Å². The molecule has 0 fully saturated rings. The Morgan fingerprint density at radius 2 is 1.83 bits per heavy atom. The van der Waals surface area contributed by atoms with Crippen molar-refractivity contribution in [3.05, 3.63) is 47.5 Å². The van der Waals surface area contributed by atoms with E-state index in [-0.39, 0.29) is 17.1 Å². The van der Waals surface area contributed by atoms with Crippen LogP contribution >= 0.6 is 0 Å². The van der Waals surface area contributed by atoms with Crippen LogP contribution in [0.5, 0.6) is 11.5 Å². The third-order valence-corrected chi connectivity index (χ3v) is 5.01. The average molecular weight is 432 g/mol. The lowest BCUT2D eigenvalue weighted by Crippen LogP contribution is -2.21. The lowest BCUT2D eigenvalue weighted by atomic mass is 10.1. The first-order valence-electron chi connectivity index (χ1n) is 8.66. The summed E-state index contributed by atoms with van der Waals surface area (Å²) in [6.07, 6.45) is -3.45. The van der Waals surface area contributed by atoms with Crippen molar-refractivity contribution in [2.24, 2.45) is 0 Å². The zero-order valence-electron chi connectivity index (χ0n) is 16.2. The predicted octanol–water partition coefficient (Wildman–Crippen LogP) is 3.89. The van der Waals surface area contributed by atoms with Crippen molar-refractivity contribution < 1.29 is 31.1 Å². The number of rotatable bonds is 8. The van der Waals surface area contributed by atoms with E-state index in [1.165, 1.54) is 13.2 Å². The van der Waals surface area contributed by atoms with Crippen LogP contribution in [-0.2, 0) is 16.0 Å². The highest BCUT2D eigenvalue weighted by molar-refractivity contribution is 7.90. The van der Waals surface area contributed by atoms with Crippen LogP contribution < -0.4 is 20.5 Å². The Kier molecular flexibility index (Phi) is 6.89. The molecular weight excluding hydrogens is 409 g/mol. The largest absolute Gasteiger partial charge is 0.493 e. The number of nitrogen functional groups attached to an aromatic ring is 1. The first-order valence-corrected chi connectivity index (χ1v) is 10.7. The molecule has 0 aliphatic heterocycles. The smallest absolute Gasteiger partial charge is 0.416 e. The topological polar surface area (TPSA) is 90.7 Å². The van der Waals surface area contributed by atoms with Gasteiger partial charge in [-0.05, 0) is 42.8 Å². The Morgan fingerprint density at radius 3 is 2.34 bits per heavy atom. The molecule has 0 unspecified atom stereocenters. The van der Waals surface area contributed by atoms with Crippen LogP contribution in [0.4, 0.5) is 24.5 Å². The van der Waals surface area contributed by atoms with Gasteiger partial charge in [0.1, 0.15) is 9.84 Å². The number of hydrogen-bond acceptors (Lipinski definition) is 6. The second-order valence-corrected chi connectivity index (χ2v) is 8.62. The van der Waals surface area contributed by atoms with Gasteiger partial charge in [-0.15, -0.1) is 0 Å². The molecule has 10 heteroatoms. The summed E-state index contributed by atoms with van der Waals surface area (Å²) < 4.78 is 73.2. The van der Waals surface area contributed by atoms with Gasteiger partial charge < -0.3 is 20.5 Å². The molecule has 1 atom stereocenters. The maximum absolute atomic E-state index is 12.9. The van der Waals surface area contributed by atoms with Crippen LogP contribution in [0.3, 0.4) is 0 Å². The molecule has 2 aromatic carbocycles. The molecule has 6 nitrogen and oxygen atoms in total. The summed E-state index contributed by atoms with van der Waals surface area (Å²) >= 11 is 0. The zero-order valence-corrected chi connectivity index (χ0v) is 17.0. The van der Waals surface area contributed by atoms with Gasteiger partial charge in [0.25, 0.3) is 0 Å². The molecule has 160 valence electrons. The molecule has 2 rings (SSSR count).